The molecule has 23 heavy (non-hydrogen) atoms. The summed E-state index contributed by atoms with van der Waals surface area (Å²) in [6, 6.07) is 5.02. The highest BCUT2D eigenvalue weighted by atomic mass is 35.5. The maximum absolute atomic E-state index is 12.4. The quantitative estimate of drug-likeness (QED) is 0.860. The topological polar surface area (TPSA) is 56.6 Å². The minimum atomic E-state index is -3.00. The molecule has 0 saturated heterocycles. The van der Waals surface area contributed by atoms with Gasteiger partial charge in [-0.1, -0.05) is 11.6 Å². The molecule has 0 unspecified atom stereocenters. The van der Waals surface area contributed by atoms with Gasteiger partial charge in [-0.25, -0.2) is 4.68 Å². The average Bonchev–Trinajstić information content (AvgIpc) is 2.78. The van der Waals surface area contributed by atoms with Crippen molar-refractivity contribution in [1.29, 1.82) is 0 Å². The van der Waals surface area contributed by atoms with Gasteiger partial charge in [0, 0.05) is 19.7 Å². The molecule has 9 heteroatoms. The Bertz CT molecular complexity index is 779. The first kappa shape index (κ1) is 15.5. The number of anilines is 1. The fraction of sp³-hybridized carbons (Fsp3) is 0.286. The third kappa shape index (κ3) is 2.70. The standard InChI is InChI=1S/C14H12ClF2N3O3/c1-19-8-5-7(3-4-9(8)22-6-10(19)21)12-11(15)13(20(2)18-12)23-14(16)17/h3-5,14H,6H2,1-2H3. The molecule has 0 saturated carbocycles. The van der Waals surface area contributed by atoms with Gasteiger partial charge in [0.25, 0.3) is 5.91 Å². The average molecular weight is 344 g/mol. The van der Waals surface area contributed by atoms with Crippen molar-refractivity contribution < 1.29 is 23.0 Å². The summed E-state index contributed by atoms with van der Waals surface area (Å²) in [6.45, 7) is -3.03. The van der Waals surface area contributed by atoms with Crippen LogP contribution < -0.4 is 14.4 Å². The Kier molecular flexibility index (Phi) is 3.85. The predicted octanol–water partition coefficient (Wildman–Crippen LogP) is 2.70. The number of likely N-dealkylation sites (N-methyl/N-ethyl adjacent to an activating group) is 1. The number of aryl methyl sites for hydroxylation is 1. The van der Waals surface area contributed by atoms with Crippen LogP contribution in [-0.2, 0) is 11.8 Å². The molecular weight excluding hydrogens is 332 g/mol. The number of ether oxygens (including phenoxy) is 2. The number of aromatic nitrogens is 2. The third-order valence-electron chi connectivity index (χ3n) is 3.46. The summed E-state index contributed by atoms with van der Waals surface area (Å²) in [6.07, 6.45) is 0. The third-order valence-corrected chi connectivity index (χ3v) is 3.80. The molecule has 0 aliphatic carbocycles. The number of hydrogen-bond acceptors (Lipinski definition) is 4. The molecule has 1 aliphatic heterocycles. The molecule has 0 N–H and O–H groups in total. The highest BCUT2D eigenvalue weighted by Crippen LogP contribution is 2.39. The van der Waals surface area contributed by atoms with Crippen LogP contribution in [0.4, 0.5) is 14.5 Å². The monoisotopic (exact) mass is 343 g/mol. The molecule has 1 amide bonds. The molecule has 0 radical (unpaired) electrons. The van der Waals surface area contributed by atoms with Gasteiger partial charge in [-0.2, -0.15) is 13.9 Å². The second-order valence-corrected chi connectivity index (χ2v) is 5.27. The number of nitrogens with zero attached hydrogens (tertiary/aromatic N) is 3. The van der Waals surface area contributed by atoms with Crippen molar-refractivity contribution in [3.8, 4) is 22.9 Å². The minimum absolute atomic E-state index is 0.0282. The predicted molar refractivity (Wildman–Crippen MR) is 79.2 cm³/mol. The van der Waals surface area contributed by atoms with E-state index >= 15 is 0 Å². The fourth-order valence-corrected chi connectivity index (χ4v) is 2.61. The lowest BCUT2D eigenvalue weighted by Crippen LogP contribution is -2.35. The van der Waals surface area contributed by atoms with Gasteiger partial charge in [0.1, 0.15) is 16.5 Å². The number of halogens is 3. The van der Waals surface area contributed by atoms with Crippen molar-refractivity contribution in [3.05, 3.63) is 23.2 Å². The van der Waals surface area contributed by atoms with Crippen molar-refractivity contribution in [2.24, 2.45) is 7.05 Å². The van der Waals surface area contributed by atoms with Crippen molar-refractivity contribution in [2.75, 3.05) is 18.6 Å². The van der Waals surface area contributed by atoms with Crippen molar-refractivity contribution in [1.82, 2.24) is 9.78 Å². The Morgan fingerprint density at radius 1 is 1.39 bits per heavy atom. The van der Waals surface area contributed by atoms with Crippen molar-refractivity contribution in [2.45, 2.75) is 6.61 Å². The molecule has 0 fully saturated rings. The molecule has 0 bridgehead atoms. The Balaban J connectivity index is 2.05. The summed E-state index contributed by atoms with van der Waals surface area (Å²) in [7, 11) is 3.07. The highest BCUT2D eigenvalue weighted by molar-refractivity contribution is 6.34. The fourth-order valence-electron chi connectivity index (χ4n) is 2.30. The van der Waals surface area contributed by atoms with Gasteiger partial charge in [0.15, 0.2) is 6.61 Å². The van der Waals surface area contributed by atoms with E-state index in [1.807, 2.05) is 0 Å². The van der Waals surface area contributed by atoms with Gasteiger partial charge in [-0.3, -0.25) is 4.79 Å². The molecule has 3 rings (SSSR count). The van der Waals surface area contributed by atoms with Crippen LogP contribution in [0.5, 0.6) is 11.6 Å². The SMILES string of the molecule is CN1C(=O)COc2ccc(-c3nn(C)c(OC(F)F)c3Cl)cc21. The van der Waals surface area contributed by atoms with Crippen LogP contribution >= 0.6 is 11.6 Å². The summed E-state index contributed by atoms with van der Waals surface area (Å²) < 4.78 is 35.7. The summed E-state index contributed by atoms with van der Waals surface area (Å²) in [5.74, 6) is 0.130. The number of carbonyl (C=O) groups excluding carboxylic acids is 1. The molecule has 1 aromatic carbocycles. The molecule has 2 heterocycles. The van der Waals surface area contributed by atoms with Crippen molar-refractivity contribution in [3.63, 3.8) is 0 Å². The van der Waals surface area contributed by atoms with Crippen LogP contribution in [0.2, 0.25) is 5.02 Å². The number of benzene rings is 1. The molecule has 0 atom stereocenters. The van der Waals surface area contributed by atoms with E-state index in [9.17, 15) is 13.6 Å². The number of hydrogen-bond donors (Lipinski definition) is 0. The van der Waals surface area contributed by atoms with E-state index in [2.05, 4.69) is 9.84 Å². The molecule has 122 valence electrons. The zero-order valence-electron chi connectivity index (χ0n) is 12.2. The maximum atomic E-state index is 12.4. The maximum Gasteiger partial charge on any atom is 0.388 e. The first-order valence-electron chi connectivity index (χ1n) is 6.59. The molecule has 1 aliphatic rings. The first-order valence-corrected chi connectivity index (χ1v) is 6.97. The van der Waals surface area contributed by atoms with Crippen LogP contribution in [0.15, 0.2) is 18.2 Å². The number of rotatable bonds is 3. The van der Waals surface area contributed by atoms with E-state index < -0.39 is 6.61 Å². The van der Waals surface area contributed by atoms with E-state index in [4.69, 9.17) is 16.3 Å². The lowest BCUT2D eigenvalue weighted by Gasteiger charge is -2.26. The summed E-state index contributed by atoms with van der Waals surface area (Å²) in [5.41, 5.74) is 1.38. The molecule has 6 nitrogen and oxygen atoms in total. The van der Waals surface area contributed by atoms with E-state index in [0.717, 1.165) is 4.68 Å². The Labute approximate surface area is 135 Å². The summed E-state index contributed by atoms with van der Waals surface area (Å²) in [4.78, 5) is 13.2. The second-order valence-electron chi connectivity index (χ2n) is 4.89. The van der Waals surface area contributed by atoms with Crippen LogP contribution in [-0.4, -0.2) is 36.0 Å². The van der Waals surface area contributed by atoms with Crippen LogP contribution in [0.25, 0.3) is 11.3 Å². The second kappa shape index (κ2) is 5.69. The lowest BCUT2D eigenvalue weighted by molar-refractivity contribution is -0.120. The van der Waals surface area contributed by atoms with E-state index in [1.165, 1.54) is 11.9 Å². The van der Waals surface area contributed by atoms with Gasteiger partial charge in [-0.05, 0) is 18.2 Å². The molecule has 2 aromatic rings. The Hall–Kier alpha value is -2.35. The van der Waals surface area contributed by atoms with E-state index in [0.29, 0.717) is 17.0 Å². The number of amides is 1. The van der Waals surface area contributed by atoms with Crippen molar-refractivity contribution >= 4 is 23.2 Å². The molecule has 0 spiro atoms. The minimum Gasteiger partial charge on any atom is -0.482 e. The Morgan fingerprint density at radius 2 is 2.13 bits per heavy atom. The van der Waals surface area contributed by atoms with E-state index in [-0.39, 0.29) is 29.1 Å². The zero-order chi connectivity index (χ0) is 16.7. The first-order chi connectivity index (χ1) is 10.9. The van der Waals surface area contributed by atoms with Gasteiger partial charge in [0.2, 0.25) is 5.88 Å². The summed E-state index contributed by atoms with van der Waals surface area (Å²) >= 11 is 6.10. The lowest BCUT2D eigenvalue weighted by atomic mass is 10.1. The smallest absolute Gasteiger partial charge is 0.388 e. The van der Waals surface area contributed by atoms with Gasteiger partial charge >= 0.3 is 6.61 Å². The zero-order valence-corrected chi connectivity index (χ0v) is 13.0. The largest absolute Gasteiger partial charge is 0.482 e. The van der Waals surface area contributed by atoms with Gasteiger partial charge < -0.3 is 14.4 Å². The molecular formula is C14H12ClF2N3O3. The van der Waals surface area contributed by atoms with Crippen LogP contribution in [0.1, 0.15) is 0 Å². The highest BCUT2D eigenvalue weighted by Gasteiger charge is 2.25. The van der Waals surface area contributed by atoms with Gasteiger partial charge in [-0.15, -0.1) is 0 Å². The normalized spacial score (nSPS) is 14.0. The van der Waals surface area contributed by atoms with Gasteiger partial charge in [0.05, 0.1) is 5.69 Å². The van der Waals surface area contributed by atoms with E-state index in [1.54, 1.807) is 25.2 Å². The number of fused-ring (bicyclic) bond motifs is 1. The van der Waals surface area contributed by atoms with Crippen LogP contribution in [0, 0.1) is 0 Å². The van der Waals surface area contributed by atoms with Crippen LogP contribution in [0.3, 0.4) is 0 Å². The number of alkyl halides is 2. The molecule has 1 aromatic heterocycles. The summed E-state index contributed by atoms with van der Waals surface area (Å²) in [5, 5.41) is 4.08. The number of carbonyl (C=O) groups is 1. The Morgan fingerprint density at radius 3 is 2.83 bits per heavy atom.